The van der Waals surface area contributed by atoms with Crippen LogP contribution >= 0.6 is 23.2 Å². The number of aliphatic hydroxyl groups excluding tert-OH is 1. The van der Waals surface area contributed by atoms with E-state index in [0.29, 0.717) is 22.8 Å². The van der Waals surface area contributed by atoms with Crippen molar-refractivity contribution in [3.63, 3.8) is 0 Å². The van der Waals surface area contributed by atoms with Crippen LogP contribution in [0.3, 0.4) is 0 Å². The van der Waals surface area contributed by atoms with Gasteiger partial charge in [0.2, 0.25) is 0 Å². The Kier molecular flexibility index (Phi) is 6.16. The average molecular weight is 404 g/mol. The molecule has 7 heteroatoms. The van der Waals surface area contributed by atoms with Crippen molar-refractivity contribution in [2.75, 3.05) is 11.9 Å². The first-order valence-corrected chi connectivity index (χ1v) is 9.23. The van der Waals surface area contributed by atoms with E-state index < -0.39 is 5.56 Å². The Morgan fingerprint density at radius 3 is 2.59 bits per heavy atom. The fraction of sp³-hybridized carbons (Fsp3) is 0.200. The molecule has 0 aliphatic heterocycles. The molecule has 0 unspecified atom stereocenters. The fourth-order valence-electron chi connectivity index (χ4n) is 2.76. The number of hydrogen-bond acceptors (Lipinski definition) is 4. The van der Waals surface area contributed by atoms with E-state index in [2.05, 4.69) is 10.4 Å². The molecule has 3 aromatic rings. The molecule has 0 saturated carbocycles. The first kappa shape index (κ1) is 19.4. The van der Waals surface area contributed by atoms with Crippen LogP contribution < -0.4 is 10.9 Å². The number of nitrogens with one attached hydrogen (secondary N) is 1. The summed E-state index contributed by atoms with van der Waals surface area (Å²) in [6.07, 6.45) is 1.97. The molecule has 1 aromatic heterocycles. The Bertz CT molecular complexity index is 990. The SMILES string of the molecule is Cc1ccc(-n2ncc(N[C@@H](CCO)c3ccccc3)c(Cl)c2=O)cc1Cl. The summed E-state index contributed by atoms with van der Waals surface area (Å²) in [6, 6.07) is 14.7. The third-order valence-electron chi connectivity index (χ3n) is 4.27. The van der Waals surface area contributed by atoms with Crippen LogP contribution in [0.2, 0.25) is 10.0 Å². The van der Waals surface area contributed by atoms with Gasteiger partial charge in [-0.1, -0.05) is 59.6 Å². The van der Waals surface area contributed by atoms with E-state index in [0.717, 1.165) is 11.1 Å². The summed E-state index contributed by atoms with van der Waals surface area (Å²) in [5.74, 6) is 0. The van der Waals surface area contributed by atoms with Crippen LogP contribution in [0.5, 0.6) is 0 Å². The number of aromatic nitrogens is 2. The number of anilines is 1. The molecule has 27 heavy (non-hydrogen) atoms. The monoisotopic (exact) mass is 403 g/mol. The van der Waals surface area contributed by atoms with Crippen molar-refractivity contribution in [2.45, 2.75) is 19.4 Å². The zero-order valence-corrected chi connectivity index (χ0v) is 16.2. The highest BCUT2D eigenvalue weighted by Crippen LogP contribution is 2.26. The molecule has 3 rings (SSSR count). The van der Waals surface area contributed by atoms with Crippen molar-refractivity contribution in [3.05, 3.63) is 86.3 Å². The number of nitrogens with zero attached hydrogens (tertiary/aromatic N) is 2. The third-order valence-corrected chi connectivity index (χ3v) is 5.04. The molecule has 0 amide bonds. The third kappa shape index (κ3) is 4.33. The largest absolute Gasteiger partial charge is 0.396 e. The maximum atomic E-state index is 12.7. The van der Waals surface area contributed by atoms with Gasteiger partial charge in [0.1, 0.15) is 5.02 Å². The molecule has 140 valence electrons. The van der Waals surface area contributed by atoms with Gasteiger partial charge in [-0.05, 0) is 36.6 Å². The molecular formula is C20H19Cl2N3O2. The number of aryl methyl sites for hydroxylation is 1. The summed E-state index contributed by atoms with van der Waals surface area (Å²) in [6.45, 7) is 1.88. The molecule has 1 atom stereocenters. The smallest absolute Gasteiger partial charge is 0.292 e. The van der Waals surface area contributed by atoms with Crippen molar-refractivity contribution < 1.29 is 5.11 Å². The molecule has 0 bridgehead atoms. The van der Waals surface area contributed by atoms with E-state index >= 15 is 0 Å². The van der Waals surface area contributed by atoms with Crippen LogP contribution in [0.15, 0.2) is 59.5 Å². The van der Waals surface area contributed by atoms with Crippen molar-refractivity contribution in [1.82, 2.24) is 9.78 Å². The zero-order chi connectivity index (χ0) is 19.4. The topological polar surface area (TPSA) is 67.2 Å². The van der Waals surface area contributed by atoms with E-state index in [9.17, 15) is 9.90 Å². The second kappa shape index (κ2) is 8.57. The summed E-state index contributed by atoms with van der Waals surface area (Å²) >= 11 is 12.5. The molecule has 1 heterocycles. The predicted molar refractivity (Wildman–Crippen MR) is 109 cm³/mol. The van der Waals surface area contributed by atoms with Gasteiger partial charge >= 0.3 is 0 Å². The van der Waals surface area contributed by atoms with Crippen LogP contribution in [0, 0.1) is 6.92 Å². The summed E-state index contributed by atoms with van der Waals surface area (Å²) in [5.41, 5.74) is 2.40. The van der Waals surface area contributed by atoms with Gasteiger partial charge < -0.3 is 10.4 Å². The zero-order valence-electron chi connectivity index (χ0n) is 14.7. The van der Waals surface area contributed by atoms with Crippen molar-refractivity contribution in [3.8, 4) is 5.69 Å². The number of hydrogen-bond donors (Lipinski definition) is 2. The lowest BCUT2D eigenvalue weighted by Gasteiger charge is -2.20. The number of halogens is 2. The van der Waals surface area contributed by atoms with Crippen molar-refractivity contribution in [2.24, 2.45) is 0 Å². The molecule has 0 aliphatic rings. The Balaban J connectivity index is 1.94. The van der Waals surface area contributed by atoms with E-state index in [1.165, 1.54) is 10.9 Å². The van der Waals surface area contributed by atoms with Crippen LogP contribution in [-0.4, -0.2) is 21.5 Å². The van der Waals surface area contributed by atoms with Crippen LogP contribution in [0.25, 0.3) is 5.69 Å². The van der Waals surface area contributed by atoms with Gasteiger partial charge in [0.05, 0.1) is 23.6 Å². The van der Waals surface area contributed by atoms with Gasteiger partial charge in [-0.15, -0.1) is 0 Å². The molecule has 0 spiro atoms. The molecular weight excluding hydrogens is 385 g/mol. The number of rotatable bonds is 6. The summed E-state index contributed by atoms with van der Waals surface area (Å²) in [5, 5.41) is 17.4. The average Bonchev–Trinajstić information content (AvgIpc) is 2.68. The molecule has 2 N–H and O–H groups in total. The Morgan fingerprint density at radius 1 is 1.19 bits per heavy atom. The number of aliphatic hydroxyl groups is 1. The van der Waals surface area contributed by atoms with Gasteiger partial charge in [-0.3, -0.25) is 4.79 Å². The normalized spacial score (nSPS) is 12.0. The summed E-state index contributed by atoms with van der Waals surface area (Å²) in [7, 11) is 0. The molecule has 5 nitrogen and oxygen atoms in total. The minimum Gasteiger partial charge on any atom is -0.396 e. The fourth-order valence-corrected chi connectivity index (χ4v) is 3.11. The first-order valence-electron chi connectivity index (χ1n) is 8.48. The number of benzene rings is 2. The van der Waals surface area contributed by atoms with Gasteiger partial charge in [-0.2, -0.15) is 9.78 Å². The minimum atomic E-state index is -0.447. The Labute approximate surface area is 167 Å². The van der Waals surface area contributed by atoms with Gasteiger partial charge in [0.15, 0.2) is 0 Å². The molecule has 0 fully saturated rings. The van der Waals surface area contributed by atoms with Crippen LogP contribution in [-0.2, 0) is 0 Å². The van der Waals surface area contributed by atoms with E-state index in [4.69, 9.17) is 23.2 Å². The lowest BCUT2D eigenvalue weighted by molar-refractivity contribution is 0.280. The molecule has 2 aromatic carbocycles. The second-order valence-electron chi connectivity index (χ2n) is 6.14. The highest BCUT2D eigenvalue weighted by Gasteiger charge is 2.16. The standard InChI is InChI=1S/C20H19Cl2N3O2/c1-13-7-8-15(11-16(13)21)25-20(27)19(22)18(12-23-25)24-17(9-10-26)14-5-3-2-4-6-14/h2-8,11-12,17,24,26H,9-10H2,1H3/t17-/m0/s1. The van der Waals surface area contributed by atoms with Crippen LogP contribution in [0.4, 0.5) is 5.69 Å². The van der Waals surface area contributed by atoms with Gasteiger partial charge in [-0.25, -0.2) is 0 Å². The van der Waals surface area contributed by atoms with E-state index in [1.807, 2.05) is 43.3 Å². The van der Waals surface area contributed by atoms with Crippen LogP contribution in [0.1, 0.15) is 23.6 Å². The van der Waals surface area contributed by atoms with Gasteiger partial charge in [0, 0.05) is 11.6 Å². The molecule has 0 saturated heterocycles. The lowest BCUT2D eigenvalue weighted by atomic mass is 10.0. The van der Waals surface area contributed by atoms with E-state index in [-0.39, 0.29) is 17.7 Å². The lowest BCUT2D eigenvalue weighted by Crippen LogP contribution is -2.24. The highest BCUT2D eigenvalue weighted by atomic mass is 35.5. The highest BCUT2D eigenvalue weighted by molar-refractivity contribution is 6.33. The molecule has 0 radical (unpaired) electrons. The summed E-state index contributed by atoms with van der Waals surface area (Å²) in [4.78, 5) is 12.7. The van der Waals surface area contributed by atoms with Crippen molar-refractivity contribution >= 4 is 28.9 Å². The Hall–Kier alpha value is -2.34. The second-order valence-corrected chi connectivity index (χ2v) is 6.93. The minimum absolute atomic E-state index is 0.00343. The van der Waals surface area contributed by atoms with Crippen molar-refractivity contribution in [1.29, 1.82) is 0 Å². The summed E-state index contributed by atoms with van der Waals surface area (Å²) < 4.78 is 1.21. The first-order chi connectivity index (χ1) is 13.0. The van der Waals surface area contributed by atoms with Gasteiger partial charge in [0.25, 0.3) is 5.56 Å². The molecule has 0 aliphatic carbocycles. The Morgan fingerprint density at radius 2 is 1.93 bits per heavy atom. The maximum Gasteiger partial charge on any atom is 0.292 e. The maximum absolute atomic E-state index is 12.7. The predicted octanol–water partition coefficient (Wildman–Crippen LogP) is 4.38. The van der Waals surface area contributed by atoms with E-state index in [1.54, 1.807) is 12.1 Å². The quantitative estimate of drug-likeness (QED) is 0.640.